The number of piperazine rings is 1. The number of guanidine groups is 1. The number of carbonyl (C=O) groups is 1. The Kier molecular flexibility index (Phi) is 9.64. The van der Waals surface area contributed by atoms with Crippen LogP contribution in [-0.2, 0) is 17.8 Å². The van der Waals surface area contributed by atoms with Gasteiger partial charge >= 0.3 is 0 Å². The van der Waals surface area contributed by atoms with Gasteiger partial charge in [0.15, 0.2) is 5.96 Å². The van der Waals surface area contributed by atoms with Crippen LogP contribution in [0.3, 0.4) is 0 Å². The first-order valence-electron chi connectivity index (χ1n) is 9.52. The number of aryl methyl sites for hydroxylation is 1. The normalized spacial score (nSPS) is 14.5. The van der Waals surface area contributed by atoms with Gasteiger partial charge in [-0.1, -0.05) is 23.7 Å². The minimum atomic E-state index is 0. The van der Waals surface area contributed by atoms with Crippen LogP contribution < -0.4 is 5.32 Å². The number of hydrogen-bond donors (Lipinski definition) is 1. The fourth-order valence-electron chi connectivity index (χ4n) is 3.14. The number of nitrogens with zero attached hydrogens (tertiary/aromatic N) is 4. The molecule has 1 fully saturated rings. The van der Waals surface area contributed by atoms with Crippen LogP contribution in [0, 0.1) is 6.92 Å². The van der Waals surface area contributed by atoms with Crippen LogP contribution in [0.25, 0.3) is 0 Å². The molecule has 0 aliphatic carbocycles. The van der Waals surface area contributed by atoms with Crippen LogP contribution >= 0.6 is 46.9 Å². The van der Waals surface area contributed by atoms with E-state index < -0.39 is 0 Å². The van der Waals surface area contributed by atoms with E-state index >= 15 is 0 Å². The molecule has 0 bridgehead atoms. The second kappa shape index (κ2) is 11.7. The first kappa shape index (κ1) is 23.9. The molecule has 1 amide bonds. The Labute approximate surface area is 198 Å². The summed E-state index contributed by atoms with van der Waals surface area (Å²) in [6.45, 7) is 8.43. The molecule has 9 heteroatoms. The van der Waals surface area contributed by atoms with E-state index in [1.165, 1.54) is 4.88 Å². The lowest BCUT2D eigenvalue weighted by molar-refractivity contribution is -0.131. The van der Waals surface area contributed by atoms with Gasteiger partial charge in [0, 0.05) is 48.8 Å². The third-order valence-corrected chi connectivity index (χ3v) is 5.68. The lowest BCUT2D eigenvalue weighted by Gasteiger charge is -2.36. The topological polar surface area (TPSA) is 60.8 Å². The molecule has 0 unspecified atom stereocenters. The average molecular weight is 548 g/mol. The fraction of sp³-hybridized carbons (Fsp3) is 0.450. The van der Waals surface area contributed by atoms with Gasteiger partial charge in [0.25, 0.3) is 0 Å². The number of carbonyl (C=O) groups excluding carboxylic acids is 1. The molecule has 2 aromatic rings. The minimum Gasteiger partial charge on any atom is -0.357 e. The van der Waals surface area contributed by atoms with E-state index in [1.54, 1.807) is 11.3 Å². The number of halogens is 2. The van der Waals surface area contributed by atoms with Crippen molar-refractivity contribution in [1.29, 1.82) is 0 Å². The first-order chi connectivity index (χ1) is 13.5. The SMILES string of the molecule is CCNC(=NCc1ncc(C)s1)N1CCN(C(=O)Cc2cccc(Cl)c2)CC1.I. The zero-order chi connectivity index (χ0) is 19.9. The maximum Gasteiger partial charge on any atom is 0.227 e. The monoisotopic (exact) mass is 547 g/mol. The van der Waals surface area contributed by atoms with E-state index in [1.807, 2.05) is 35.4 Å². The van der Waals surface area contributed by atoms with Gasteiger partial charge in [-0.2, -0.15) is 0 Å². The van der Waals surface area contributed by atoms with Crippen LogP contribution in [0.15, 0.2) is 35.5 Å². The summed E-state index contributed by atoms with van der Waals surface area (Å²) in [5.41, 5.74) is 0.952. The van der Waals surface area contributed by atoms with Gasteiger partial charge in [-0.3, -0.25) is 4.79 Å². The zero-order valence-electron chi connectivity index (χ0n) is 16.7. The molecule has 6 nitrogen and oxygen atoms in total. The fourth-order valence-corrected chi connectivity index (χ4v) is 4.07. The number of aliphatic imine (C=N–C) groups is 1. The molecule has 1 N–H and O–H groups in total. The van der Waals surface area contributed by atoms with Crippen molar-refractivity contribution in [1.82, 2.24) is 20.1 Å². The maximum absolute atomic E-state index is 12.6. The summed E-state index contributed by atoms with van der Waals surface area (Å²) >= 11 is 7.69. The van der Waals surface area contributed by atoms with Crippen molar-refractivity contribution >= 4 is 58.8 Å². The highest BCUT2D eigenvalue weighted by Gasteiger charge is 2.23. The summed E-state index contributed by atoms with van der Waals surface area (Å²) in [5, 5.41) is 5.03. The van der Waals surface area contributed by atoms with Crippen LogP contribution in [-0.4, -0.2) is 59.4 Å². The lowest BCUT2D eigenvalue weighted by Crippen LogP contribution is -2.54. The van der Waals surface area contributed by atoms with Crippen molar-refractivity contribution in [3.63, 3.8) is 0 Å². The number of nitrogens with one attached hydrogen (secondary N) is 1. The number of hydrogen-bond acceptors (Lipinski definition) is 4. The number of benzene rings is 1. The lowest BCUT2D eigenvalue weighted by atomic mass is 10.1. The van der Waals surface area contributed by atoms with E-state index in [0.29, 0.717) is 31.1 Å². The number of rotatable bonds is 5. The highest BCUT2D eigenvalue weighted by atomic mass is 127. The van der Waals surface area contributed by atoms with Crippen LogP contribution in [0.4, 0.5) is 0 Å². The molecule has 2 heterocycles. The van der Waals surface area contributed by atoms with E-state index in [-0.39, 0.29) is 29.9 Å². The van der Waals surface area contributed by atoms with Crippen LogP contribution in [0.5, 0.6) is 0 Å². The second-order valence-electron chi connectivity index (χ2n) is 6.71. The Bertz CT molecular complexity index is 836. The predicted molar refractivity (Wildman–Crippen MR) is 130 cm³/mol. The van der Waals surface area contributed by atoms with E-state index in [9.17, 15) is 4.79 Å². The Hall–Kier alpha value is -1.39. The second-order valence-corrected chi connectivity index (χ2v) is 8.47. The molecule has 1 saturated heterocycles. The molecule has 0 radical (unpaired) electrons. The van der Waals surface area contributed by atoms with Crippen LogP contribution in [0.2, 0.25) is 5.02 Å². The molecule has 29 heavy (non-hydrogen) atoms. The Morgan fingerprint density at radius 2 is 2.00 bits per heavy atom. The van der Waals surface area contributed by atoms with Gasteiger partial charge in [-0.25, -0.2) is 9.98 Å². The molecular formula is C20H27ClIN5OS. The summed E-state index contributed by atoms with van der Waals surface area (Å²) in [7, 11) is 0. The highest BCUT2D eigenvalue weighted by Crippen LogP contribution is 2.14. The summed E-state index contributed by atoms with van der Waals surface area (Å²) in [6, 6.07) is 7.50. The summed E-state index contributed by atoms with van der Waals surface area (Å²) in [6.07, 6.45) is 2.27. The number of aromatic nitrogens is 1. The van der Waals surface area contributed by atoms with Gasteiger partial charge in [-0.05, 0) is 31.5 Å². The predicted octanol–water partition coefficient (Wildman–Crippen LogP) is 3.58. The zero-order valence-corrected chi connectivity index (χ0v) is 20.6. The molecule has 0 saturated carbocycles. The minimum absolute atomic E-state index is 0. The molecule has 3 rings (SSSR count). The summed E-state index contributed by atoms with van der Waals surface area (Å²) < 4.78 is 0. The quantitative estimate of drug-likeness (QED) is 0.353. The van der Waals surface area contributed by atoms with E-state index in [0.717, 1.165) is 36.2 Å². The number of amides is 1. The average Bonchev–Trinajstić information content (AvgIpc) is 3.10. The molecule has 1 aromatic heterocycles. The van der Waals surface area contributed by atoms with Crippen molar-refractivity contribution < 1.29 is 4.79 Å². The van der Waals surface area contributed by atoms with E-state index in [4.69, 9.17) is 16.6 Å². The molecule has 0 atom stereocenters. The van der Waals surface area contributed by atoms with Gasteiger partial charge < -0.3 is 15.1 Å². The molecule has 0 spiro atoms. The van der Waals surface area contributed by atoms with Gasteiger partial charge in [0.1, 0.15) is 5.01 Å². The van der Waals surface area contributed by atoms with Gasteiger partial charge in [0.05, 0.1) is 13.0 Å². The molecule has 1 aliphatic rings. The molecule has 1 aliphatic heterocycles. The van der Waals surface area contributed by atoms with Crippen molar-refractivity contribution in [2.75, 3.05) is 32.7 Å². The summed E-state index contributed by atoms with van der Waals surface area (Å²) in [5.74, 6) is 1.03. The van der Waals surface area contributed by atoms with Crippen LogP contribution in [0.1, 0.15) is 22.4 Å². The third-order valence-electron chi connectivity index (χ3n) is 4.54. The van der Waals surface area contributed by atoms with Gasteiger partial charge in [-0.15, -0.1) is 35.3 Å². The Morgan fingerprint density at radius 1 is 1.28 bits per heavy atom. The van der Waals surface area contributed by atoms with E-state index in [2.05, 4.69) is 29.0 Å². The number of thiazole rings is 1. The van der Waals surface area contributed by atoms with Crippen molar-refractivity contribution in [3.05, 3.63) is 50.9 Å². The van der Waals surface area contributed by atoms with Crippen molar-refractivity contribution in [2.24, 2.45) is 4.99 Å². The Balaban J connectivity index is 0.00000300. The third kappa shape index (κ3) is 7.11. The standard InChI is InChI=1S/C20H26ClN5OS.HI/c1-3-22-20(24-14-18-23-13-15(2)28-18)26-9-7-25(8-10-26)19(27)12-16-5-4-6-17(21)11-16;/h4-6,11,13H,3,7-10,12,14H2,1-2H3,(H,22,24);1H. The highest BCUT2D eigenvalue weighted by molar-refractivity contribution is 14.0. The first-order valence-corrected chi connectivity index (χ1v) is 10.7. The molecule has 158 valence electrons. The molecule has 1 aromatic carbocycles. The molecular weight excluding hydrogens is 521 g/mol. The summed E-state index contributed by atoms with van der Waals surface area (Å²) in [4.78, 5) is 27.0. The van der Waals surface area contributed by atoms with Gasteiger partial charge in [0.2, 0.25) is 5.91 Å². The van der Waals surface area contributed by atoms with Crippen molar-refractivity contribution in [2.45, 2.75) is 26.8 Å². The Morgan fingerprint density at radius 3 is 2.62 bits per heavy atom. The maximum atomic E-state index is 12.6. The largest absolute Gasteiger partial charge is 0.357 e. The smallest absolute Gasteiger partial charge is 0.227 e. The van der Waals surface area contributed by atoms with Crippen molar-refractivity contribution in [3.8, 4) is 0 Å².